The van der Waals surface area contributed by atoms with Gasteiger partial charge in [0.15, 0.2) is 5.96 Å². The van der Waals surface area contributed by atoms with Crippen LogP contribution in [0.2, 0.25) is 0 Å². The van der Waals surface area contributed by atoms with E-state index in [2.05, 4.69) is 47.5 Å². The summed E-state index contributed by atoms with van der Waals surface area (Å²) in [5.41, 5.74) is 31.7. The van der Waals surface area contributed by atoms with E-state index in [1.807, 2.05) is 12.1 Å². The lowest BCUT2D eigenvalue weighted by Crippen LogP contribution is -2.60. The van der Waals surface area contributed by atoms with Gasteiger partial charge in [-0.15, -0.1) is 0 Å². The molecule has 512 valence electrons. The van der Waals surface area contributed by atoms with Gasteiger partial charge in [-0.2, -0.15) is 11.8 Å². The highest BCUT2D eigenvalue weighted by Crippen LogP contribution is 2.46. The molecule has 1 fully saturated rings. The Bertz CT molecular complexity index is 3130. The molecule has 0 saturated carbocycles. The Kier molecular flexibility index (Phi) is 30.6. The van der Waals surface area contributed by atoms with Gasteiger partial charge in [0.1, 0.15) is 48.3 Å². The molecular formula is C64H91N15O14S. The maximum Gasteiger partial charge on any atom is 0.326 e. The molecule has 5 rings (SSSR count). The Morgan fingerprint density at radius 3 is 1.77 bits per heavy atom. The number of rotatable bonds is 40. The van der Waals surface area contributed by atoms with Crippen molar-refractivity contribution in [3.05, 3.63) is 95.6 Å². The number of primary amides is 1. The second-order valence-corrected chi connectivity index (χ2v) is 24.4. The third-order valence-corrected chi connectivity index (χ3v) is 17.1. The number of carboxylic acid groups (broad SMARTS) is 2. The van der Waals surface area contributed by atoms with Crippen molar-refractivity contribution < 1.29 is 67.7 Å². The van der Waals surface area contributed by atoms with Crippen molar-refractivity contribution in [1.29, 1.82) is 0 Å². The molecule has 2 aliphatic rings. The summed E-state index contributed by atoms with van der Waals surface area (Å²) in [6.07, 6.45) is 1.91. The average molecular weight is 1330 g/mol. The number of unbranched alkanes of at least 4 members (excludes halogenated alkanes) is 1. The van der Waals surface area contributed by atoms with E-state index in [9.17, 15) is 63.0 Å². The van der Waals surface area contributed by atoms with Crippen LogP contribution in [0.25, 0.3) is 11.1 Å². The van der Waals surface area contributed by atoms with Gasteiger partial charge in [0.05, 0.1) is 12.6 Å². The van der Waals surface area contributed by atoms with E-state index >= 15 is 4.79 Å². The third-order valence-electron chi connectivity index (χ3n) is 16.5. The summed E-state index contributed by atoms with van der Waals surface area (Å²) in [4.78, 5) is 170. The van der Waals surface area contributed by atoms with Crippen LogP contribution in [0.15, 0.2) is 83.9 Å². The van der Waals surface area contributed by atoms with E-state index in [1.165, 1.54) is 16.7 Å². The minimum atomic E-state index is -1.70. The monoisotopic (exact) mass is 1330 g/mol. The van der Waals surface area contributed by atoms with Crippen LogP contribution in [0.4, 0.5) is 0 Å². The first-order valence-electron chi connectivity index (χ1n) is 31.5. The summed E-state index contributed by atoms with van der Waals surface area (Å²) >= 11 is 1.40. The number of aliphatic imine (C=N–C) groups is 1. The number of carbonyl (C=O) groups excluding carboxylic acids is 10. The first-order chi connectivity index (χ1) is 44.9. The van der Waals surface area contributed by atoms with Gasteiger partial charge in [-0.3, -0.25) is 57.7 Å². The Morgan fingerprint density at radius 2 is 1.20 bits per heavy atom. The molecular weight excluding hydrogens is 1230 g/mol. The van der Waals surface area contributed by atoms with Gasteiger partial charge in [0.25, 0.3) is 0 Å². The molecule has 3 aromatic carbocycles. The highest BCUT2D eigenvalue weighted by molar-refractivity contribution is 7.98. The van der Waals surface area contributed by atoms with Gasteiger partial charge in [0.2, 0.25) is 59.1 Å². The van der Waals surface area contributed by atoms with Crippen LogP contribution in [0.5, 0.6) is 0 Å². The summed E-state index contributed by atoms with van der Waals surface area (Å²) in [6.45, 7) is 3.43. The van der Waals surface area contributed by atoms with E-state index in [1.54, 1.807) is 86.8 Å². The van der Waals surface area contributed by atoms with Crippen molar-refractivity contribution >= 4 is 88.7 Å². The lowest BCUT2D eigenvalue weighted by atomic mass is 9.88. The van der Waals surface area contributed by atoms with Gasteiger partial charge in [-0.1, -0.05) is 99.1 Å². The van der Waals surface area contributed by atoms with Crippen molar-refractivity contribution in [1.82, 2.24) is 47.4 Å². The Hall–Kier alpha value is -9.16. The maximum atomic E-state index is 15.2. The number of carboxylic acids is 2. The van der Waals surface area contributed by atoms with Crippen molar-refractivity contribution in [2.75, 3.05) is 38.2 Å². The topological polar surface area (TPSA) is 487 Å². The normalized spacial score (nSPS) is 16.1. The number of benzene rings is 3. The number of carbonyl (C=O) groups is 12. The van der Waals surface area contributed by atoms with Gasteiger partial charge in [-0.05, 0) is 116 Å². The van der Waals surface area contributed by atoms with E-state index < -0.39 is 169 Å². The fourth-order valence-corrected chi connectivity index (χ4v) is 11.7. The number of thioether (sulfide) groups is 1. The standard InChI is InChI=1S/C64H91N15O14S/c1-4-36(2)53(61(90)75-46(63(92)93)29-33-94-3)77-50(81)35-71-60(89)54(52-40-20-10-8-18-38(40)39-19-9-11-21-41(39)52)78-58(87)47(34-37-16-6-5-7-17-37)76-57(86)44(25-27-49(67)80)72-56(85)45(26-28-51(82)83)73-55(84)43(23-12-13-30-65)74-59(88)48-24-15-32-79(48)62(91)42(66)22-14-31-70-64(68)69/h5-11,16-21,36,42-48,52-54H,4,12-15,22-35,65-66H2,1-3H3,(H2,67,80)(H,71,89)(H,72,85)(H,73,84)(H,74,88)(H,75,90)(H,76,86)(H,77,81)(H,78,87)(H,82,83)(H,92,93)(H4,68,69,70)/t36-,42-,43-,44-,45-,46-,47-,48-,53-,54-/m0/s1. The van der Waals surface area contributed by atoms with Crippen LogP contribution in [-0.2, 0) is 64.0 Å². The summed E-state index contributed by atoms with van der Waals surface area (Å²) in [5, 5.41) is 40.7. The molecule has 0 aromatic heterocycles. The largest absolute Gasteiger partial charge is 0.481 e. The summed E-state index contributed by atoms with van der Waals surface area (Å²) in [5.74, 6) is -12.1. The number of nitrogens with zero attached hydrogens (tertiary/aromatic N) is 2. The number of likely N-dealkylation sites (tertiary alicyclic amines) is 1. The van der Waals surface area contributed by atoms with Crippen LogP contribution < -0.4 is 71.2 Å². The Morgan fingerprint density at radius 1 is 0.638 bits per heavy atom. The van der Waals surface area contributed by atoms with Crippen LogP contribution in [0, 0.1) is 5.92 Å². The van der Waals surface area contributed by atoms with E-state index in [-0.39, 0.29) is 57.7 Å². The zero-order chi connectivity index (χ0) is 69.0. The highest BCUT2D eigenvalue weighted by atomic mass is 32.2. The third kappa shape index (κ3) is 22.8. The second kappa shape index (κ2) is 38.1. The van der Waals surface area contributed by atoms with E-state index in [4.69, 9.17) is 28.7 Å². The number of aliphatic carboxylic acids is 2. The molecule has 30 heteroatoms. The van der Waals surface area contributed by atoms with E-state index in [0.717, 1.165) is 11.1 Å². The van der Waals surface area contributed by atoms with E-state index in [0.29, 0.717) is 54.5 Å². The lowest BCUT2D eigenvalue weighted by molar-refractivity contribution is -0.142. The van der Waals surface area contributed by atoms with Crippen LogP contribution in [0.1, 0.15) is 120 Å². The molecule has 0 spiro atoms. The molecule has 0 bridgehead atoms. The number of amides is 10. The number of guanidine groups is 1. The number of nitrogens with two attached hydrogens (primary N) is 5. The molecule has 0 radical (unpaired) electrons. The summed E-state index contributed by atoms with van der Waals surface area (Å²) in [6, 6.07) is 10.5. The molecule has 1 aliphatic heterocycles. The first-order valence-corrected chi connectivity index (χ1v) is 32.9. The number of hydrogen-bond donors (Lipinski definition) is 15. The second-order valence-electron chi connectivity index (χ2n) is 23.4. The predicted octanol–water partition coefficient (Wildman–Crippen LogP) is -0.934. The molecule has 10 amide bonds. The fraction of sp³-hybridized carbons (Fsp3) is 0.516. The molecule has 3 aromatic rings. The predicted molar refractivity (Wildman–Crippen MR) is 351 cm³/mol. The zero-order valence-corrected chi connectivity index (χ0v) is 54.1. The zero-order valence-electron chi connectivity index (χ0n) is 53.3. The number of hydrogen-bond acceptors (Lipinski definition) is 16. The molecule has 1 saturated heterocycles. The Labute approximate surface area is 550 Å². The van der Waals surface area contributed by atoms with Crippen LogP contribution >= 0.6 is 11.8 Å². The van der Waals surface area contributed by atoms with Crippen molar-refractivity contribution in [2.45, 2.75) is 164 Å². The van der Waals surface area contributed by atoms with Gasteiger partial charge < -0.3 is 86.3 Å². The minimum Gasteiger partial charge on any atom is -0.481 e. The summed E-state index contributed by atoms with van der Waals surface area (Å²) < 4.78 is 0. The van der Waals surface area contributed by atoms with Crippen molar-refractivity contribution in [3.8, 4) is 11.1 Å². The summed E-state index contributed by atoms with van der Waals surface area (Å²) in [7, 11) is 0. The van der Waals surface area contributed by atoms with Crippen molar-refractivity contribution in [2.24, 2.45) is 39.6 Å². The minimum absolute atomic E-state index is 0.00522. The molecule has 29 nitrogen and oxygen atoms in total. The molecule has 10 atom stereocenters. The van der Waals surface area contributed by atoms with Crippen molar-refractivity contribution in [3.63, 3.8) is 0 Å². The van der Waals surface area contributed by atoms with Crippen LogP contribution in [-0.4, -0.2) is 185 Å². The van der Waals surface area contributed by atoms with Gasteiger partial charge in [-0.25, -0.2) is 4.79 Å². The highest BCUT2D eigenvalue weighted by Gasteiger charge is 2.42. The molecule has 1 aliphatic carbocycles. The average Bonchev–Trinajstić information content (AvgIpc) is 1.60. The fourth-order valence-electron chi connectivity index (χ4n) is 11.2. The van der Waals surface area contributed by atoms with Crippen LogP contribution in [0.3, 0.4) is 0 Å². The molecule has 20 N–H and O–H groups in total. The SMILES string of the molecule is CC[C@H](C)[C@H](NC(=O)CNC(=O)[C@@H](NC(=O)[C@H](Cc1ccccc1)NC(=O)[C@H](CCC(N)=O)NC(=O)[C@H](CCC(=O)O)NC(=O)[C@H](CCCCN)NC(=O)[C@@H]1CCCN1C(=O)[C@@H](N)CCCN=C(N)N)C1c2ccccc2-c2ccccc21)C(=O)N[C@@H](CCSC)C(=O)O. The number of fused-ring (bicyclic) bond motifs is 3. The smallest absolute Gasteiger partial charge is 0.326 e. The molecule has 0 unspecified atom stereocenters. The Balaban J connectivity index is 1.43. The molecule has 1 heterocycles. The first kappa shape index (κ1) is 75.6. The van der Waals surface area contributed by atoms with Gasteiger partial charge in [0, 0.05) is 38.3 Å². The number of nitrogens with one attached hydrogen (secondary N) is 8. The quantitative estimate of drug-likeness (QED) is 0.0186. The van der Waals surface area contributed by atoms with Gasteiger partial charge >= 0.3 is 11.9 Å². The molecule has 94 heavy (non-hydrogen) atoms. The lowest BCUT2D eigenvalue weighted by Gasteiger charge is -2.30. The maximum absolute atomic E-state index is 15.2.